The van der Waals surface area contributed by atoms with Crippen LogP contribution in [0.5, 0.6) is 0 Å². The van der Waals surface area contributed by atoms with Gasteiger partial charge in [-0.15, -0.1) is 24.0 Å². The number of nitrogens with one attached hydrogen (secondary N) is 1. The summed E-state index contributed by atoms with van der Waals surface area (Å²) >= 11 is 0. The first-order chi connectivity index (χ1) is 10.7. The number of rotatable bonds is 5. The molecule has 2 aliphatic rings. The van der Waals surface area contributed by atoms with Crippen molar-refractivity contribution < 1.29 is 0 Å². The van der Waals surface area contributed by atoms with E-state index in [1.807, 2.05) is 6.07 Å². The van der Waals surface area contributed by atoms with Crippen molar-refractivity contribution in [3.63, 3.8) is 0 Å². The van der Waals surface area contributed by atoms with Crippen LogP contribution in [-0.2, 0) is 6.54 Å². The predicted molar refractivity (Wildman–Crippen MR) is 107 cm³/mol. The summed E-state index contributed by atoms with van der Waals surface area (Å²) in [4.78, 5) is 9.49. The number of nitrogens with zero attached hydrogens (tertiary/aromatic N) is 3. The molecule has 1 aromatic carbocycles. The van der Waals surface area contributed by atoms with Gasteiger partial charge in [0.2, 0.25) is 0 Å². The molecule has 1 heterocycles. The zero-order valence-corrected chi connectivity index (χ0v) is 16.6. The van der Waals surface area contributed by atoms with Gasteiger partial charge in [-0.1, -0.05) is 30.3 Å². The van der Waals surface area contributed by atoms with E-state index in [1.54, 1.807) is 0 Å². The molecule has 23 heavy (non-hydrogen) atoms. The van der Waals surface area contributed by atoms with E-state index in [0.29, 0.717) is 0 Å². The normalized spacial score (nSPS) is 21.8. The molecule has 2 fully saturated rings. The van der Waals surface area contributed by atoms with Crippen molar-refractivity contribution in [1.29, 1.82) is 0 Å². The molecule has 128 valence electrons. The highest BCUT2D eigenvalue weighted by Gasteiger charge is 2.34. The van der Waals surface area contributed by atoms with Crippen LogP contribution in [0.2, 0.25) is 0 Å². The molecule has 0 spiro atoms. The Kier molecular flexibility index (Phi) is 7.14. The molecule has 0 radical (unpaired) electrons. The Labute approximate surface area is 157 Å². The topological polar surface area (TPSA) is 30.9 Å². The number of aliphatic imine (C=N–C) groups is 1. The molecule has 1 N–H and O–H groups in total. The maximum Gasteiger partial charge on any atom is 0.193 e. The standard InChI is InChI=1S/C18H28N4.HI/c1-21(2)18(19-12-15-6-4-3-5-7-15)20-13-16-10-11-22(14-16)17-8-9-17;/h3-7,16-17H,8-14H2,1-2H3,(H,19,20);1H. The fourth-order valence-corrected chi connectivity index (χ4v) is 3.14. The van der Waals surface area contributed by atoms with Gasteiger partial charge in [0.15, 0.2) is 5.96 Å². The van der Waals surface area contributed by atoms with Gasteiger partial charge >= 0.3 is 0 Å². The minimum atomic E-state index is 0. The first-order valence-corrected chi connectivity index (χ1v) is 8.46. The average Bonchev–Trinajstić information content (AvgIpc) is 3.27. The van der Waals surface area contributed by atoms with Crippen molar-refractivity contribution in [1.82, 2.24) is 15.1 Å². The maximum absolute atomic E-state index is 4.74. The third-order valence-corrected chi connectivity index (χ3v) is 4.61. The lowest BCUT2D eigenvalue weighted by atomic mass is 10.1. The molecule has 1 aliphatic carbocycles. The van der Waals surface area contributed by atoms with Crippen molar-refractivity contribution in [3.8, 4) is 0 Å². The summed E-state index contributed by atoms with van der Waals surface area (Å²) in [6.07, 6.45) is 4.16. The first-order valence-electron chi connectivity index (χ1n) is 8.46. The number of halogens is 1. The molecule has 5 heteroatoms. The zero-order valence-electron chi connectivity index (χ0n) is 14.2. The summed E-state index contributed by atoms with van der Waals surface area (Å²) < 4.78 is 0. The lowest BCUT2D eigenvalue weighted by molar-refractivity contribution is 0.313. The molecule has 1 unspecified atom stereocenters. The summed E-state index contributed by atoms with van der Waals surface area (Å²) in [6, 6.07) is 11.3. The predicted octanol–water partition coefficient (Wildman–Crippen LogP) is 2.80. The van der Waals surface area contributed by atoms with Crippen molar-refractivity contribution in [2.24, 2.45) is 10.9 Å². The largest absolute Gasteiger partial charge is 0.356 e. The Morgan fingerprint density at radius 3 is 2.61 bits per heavy atom. The monoisotopic (exact) mass is 428 g/mol. The van der Waals surface area contributed by atoms with Crippen LogP contribution in [0, 0.1) is 5.92 Å². The first kappa shape index (κ1) is 18.5. The zero-order chi connectivity index (χ0) is 15.4. The molecular weight excluding hydrogens is 399 g/mol. The van der Waals surface area contributed by atoms with Gasteiger partial charge in [-0.3, -0.25) is 0 Å². The van der Waals surface area contributed by atoms with Gasteiger partial charge in [0.05, 0.1) is 6.54 Å². The smallest absolute Gasteiger partial charge is 0.193 e. The molecule has 0 aromatic heterocycles. The van der Waals surface area contributed by atoms with Crippen LogP contribution < -0.4 is 5.32 Å². The van der Waals surface area contributed by atoms with Crippen molar-refractivity contribution in [2.75, 3.05) is 33.7 Å². The van der Waals surface area contributed by atoms with Gasteiger partial charge in [-0.25, -0.2) is 4.99 Å². The molecule has 1 saturated carbocycles. The van der Waals surface area contributed by atoms with E-state index in [0.717, 1.165) is 31.0 Å². The second-order valence-electron chi connectivity index (χ2n) is 6.78. The number of likely N-dealkylation sites (tertiary alicyclic amines) is 1. The highest BCUT2D eigenvalue weighted by atomic mass is 127. The molecule has 0 amide bonds. The Bertz CT molecular complexity index is 499. The average molecular weight is 428 g/mol. The van der Waals surface area contributed by atoms with Gasteiger partial charge in [-0.2, -0.15) is 0 Å². The van der Waals surface area contributed by atoms with E-state index in [-0.39, 0.29) is 24.0 Å². The minimum absolute atomic E-state index is 0. The van der Waals surface area contributed by atoms with Gasteiger partial charge in [0.25, 0.3) is 0 Å². The van der Waals surface area contributed by atoms with Crippen LogP contribution >= 0.6 is 24.0 Å². The number of hydrogen-bond acceptors (Lipinski definition) is 2. The van der Waals surface area contributed by atoms with Gasteiger partial charge in [-0.05, 0) is 37.3 Å². The van der Waals surface area contributed by atoms with E-state index >= 15 is 0 Å². The van der Waals surface area contributed by atoms with Gasteiger partial charge < -0.3 is 15.1 Å². The lowest BCUT2D eigenvalue weighted by Crippen LogP contribution is -2.39. The van der Waals surface area contributed by atoms with Crippen molar-refractivity contribution >= 4 is 29.9 Å². The van der Waals surface area contributed by atoms with E-state index in [1.165, 1.54) is 37.9 Å². The fourth-order valence-electron chi connectivity index (χ4n) is 3.14. The molecular formula is C18H29IN4. The lowest BCUT2D eigenvalue weighted by Gasteiger charge is -2.20. The Balaban J connectivity index is 0.00000192. The number of guanidine groups is 1. The number of benzene rings is 1. The van der Waals surface area contributed by atoms with Crippen LogP contribution in [0.1, 0.15) is 24.8 Å². The van der Waals surface area contributed by atoms with Crippen molar-refractivity contribution in [3.05, 3.63) is 35.9 Å². The third kappa shape index (κ3) is 5.64. The third-order valence-electron chi connectivity index (χ3n) is 4.61. The van der Waals surface area contributed by atoms with Crippen LogP contribution in [0.4, 0.5) is 0 Å². The highest BCUT2D eigenvalue weighted by Crippen LogP contribution is 2.31. The Morgan fingerprint density at radius 1 is 1.22 bits per heavy atom. The molecule has 1 saturated heterocycles. The minimum Gasteiger partial charge on any atom is -0.356 e. The molecule has 0 bridgehead atoms. The van der Waals surface area contributed by atoms with Gasteiger partial charge in [0, 0.05) is 33.2 Å². The molecule has 3 rings (SSSR count). The van der Waals surface area contributed by atoms with E-state index < -0.39 is 0 Å². The molecule has 1 aliphatic heterocycles. The SMILES string of the molecule is CN(C)C(=NCc1ccccc1)NCC1CCN(C2CC2)C1.I. The van der Waals surface area contributed by atoms with Crippen LogP contribution in [0.3, 0.4) is 0 Å². The molecule has 1 atom stereocenters. The van der Waals surface area contributed by atoms with Gasteiger partial charge in [0.1, 0.15) is 0 Å². The van der Waals surface area contributed by atoms with Crippen LogP contribution in [0.15, 0.2) is 35.3 Å². The van der Waals surface area contributed by atoms with Crippen LogP contribution in [-0.4, -0.2) is 55.5 Å². The summed E-state index contributed by atoms with van der Waals surface area (Å²) in [7, 11) is 4.12. The Morgan fingerprint density at radius 2 is 1.96 bits per heavy atom. The van der Waals surface area contributed by atoms with Crippen molar-refractivity contribution in [2.45, 2.75) is 31.8 Å². The number of hydrogen-bond donors (Lipinski definition) is 1. The summed E-state index contributed by atoms with van der Waals surface area (Å²) in [5.74, 6) is 1.76. The second kappa shape index (κ2) is 8.87. The molecule has 1 aromatic rings. The van der Waals surface area contributed by atoms with E-state index in [2.05, 4.69) is 53.5 Å². The summed E-state index contributed by atoms with van der Waals surface area (Å²) in [5, 5.41) is 3.56. The fraction of sp³-hybridized carbons (Fsp3) is 0.611. The Hall–Kier alpha value is -0.820. The van der Waals surface area contributed by atoms with E-state index in [9.17, 15) is 0 Å². The molecule has 4 nitrogen and oxygen atoms in total. The van der Waals surface area contributed by atoms with E-state index in [4.69, 9.17) is 4.99 Å². The quantitative estimate of drug-likeness (QED) is 0.445. The second-order valence-corrected chi connectivity index (χ2v) is 6.78. The van der Waals surface area contributed by atoms with Crippen LogP contribution in [0.25, 0.3) is 0 Å². The highest BCUT2D eigenvalue weighted by molar-refractivity contribution is 14.0. The summed E-state index contributed by atoms with van der Waals surface area (Å²) in [5.41, 5.74) is 1.25. The maximum atomic E-state index is 4.74. The summed E-state index contributed by atoms with van der Waals surface area (Å²) in [6.45, 7) is 4.32.